The van der Waals surface area contributed by atoms with Crippen molar-refractivity contribution in [1.82, 2.24) is 24.6 Å². The van der Waals surface area contributed by atoms with E-state index in [9.17, 15) is 0 Å². The molecule has 0 bridgehead atoms. The Labute approximate surface area is 231 Å². The Balaban J connectivity index is 1.66. The minimum atomic E-state index is 0.389. The molecule has 0 atom stereocenters. The number of ether oxygens (including phenoxy) is 2. The van der Waals surface area contributed by atoms with E-state index in [4.69, 9.17) is 25.3 Å². The van der Waals surface area contributed by atoms with E-state index >= 15 is 0 Å². The highest BCUT2D eigenvalue weighted by molar-refractivity contribution is 5.79. The van der Waals surface area contributed by atoms with Crippen LogP contribution >= 0.6 is 0 Å². The number of nitrogens with two attached hydrogens (primary N) is 1. The number of nitrogen functional groups attached to an aromatic ring is 1. The largest absolute Gasteiger partial charge is 0.494 e. The summed E-state index contributed by atoms with van der Waals surface area (Å²) in [6.45, 7) is 10.0. The van der Waals surface area contributed by atoms with Crippen LogP contribution in [0.4, 0.5) is 23.0 Å². The Kier molecular flexibility index (Phi) is 9.21. The first-order valence-corrected chi connectivity index (χ1v) is 13.3. The number of anilines is 4. The van der Waals surface area contributed by atoms with E-state index in [0.29, 0.717) is 48.0 Å². The van der Waals surface area contributed by atoms with E-state index in [1.54, 1.807) is 13.3 Å². The minimum absolute atomic E-state index is 0.389. The van der Waals surface area contributed by atoms with Gasteiger partial charge in [0.15, 0.2) is 5.82 Å². The van der Waals surface area contributed by atoms with Crippen molar-refractivity contribution in [1.29, 1.82) is 0 Å². The monoisotopic (exact) mass is 532 g/mol. The van der Waals surface area contributed by atoms with Crippen molar-refractivity contribution in [2.24, 2.45) is 5.92 Å². The molecule has 4 rings (SSSR count). The van der Waals surface area contributed by atoms with Crippen molar-refractivity contribution in [3.05, 3.63) is 60.1 Å². The molecule has 1 saturated heterocycles. The summed E-state index contributed by atoms with van der Waals surface area (Å²) in [5, 5.41) is 8.24. The van der Waals surface area contributed by atoms with Gasteiger partial charge in [-0.2, -0.15) is 10.1 Å². The molecule has 0 amide bonds. The highest BCUT2D eigenvalue weighted by Crippen LogP contribution is 2.37. The third-order valence-corrected chi connectivity index (χ3v) is 6.23. The average Bonchev–Trinajstić information content (AvgIpc) is 3.32. The molecule has 1 aliphatic heterocycles. The molecule has 0 unspecified atom stereocenters. The molecular formula is C29H40N8O2. The van der Waals surface area contributed by atoms with E-state index in [1.165, 1.54) is 0 Å². The van der Waals surface area contributed by atoms with E-state index in [-0.39, 0.29) is 0 Å². The fraction of sp³-hybridized carbons (Fsp3) is 0.414. The van der Waals surface area contributed by atoms with Crippen LogP contribution in [0.5, 0.6) is 5.75 Å². The maximum atomic E-state index is 6.45. The number of methoxy groups -OCH3 is 1. The van der Waals surface area contributed by atoms with Crippen LogP contribution in [0.1, 0.15) is 32.0 Å². The summed E-state index contributed by atoms with van der Waals surface area (Å²) in [5.74, 6) is 2.12. The maximum Gasteiger partial charge on any atom is 0.229 e. The second-order valence-electron chi connectivity index (χ2n) is 10.1. The molecule has 1 aromatic carbocycles. The molecule has 1 fully saturated rings. The third kappa shape index (κ3) is 6.96. The highest BCUT2D eigenvalue weighted by Gasteiger charge is 2.19. The van der Waals surface area contributed by atoms with Crippen LogP contribution in [-0.2, 0) is 11.3 Å². The summed E-state index contributed by atoms with van der Waals surface area (Å²) >= 11 is 0. The predicted molar refractivity (Wildman–Crippen MR) is 158 cm³/mol. The first-order chi connectivity index (χ1) is 18.8. The van der Waals surface area contributed by atoms with Crippen LogP contribution in [-0.4, -0.2) is 72.2 Å². The van der Waals surface area contributed by atoms with Crippen molar-refractivity contribution >= 4 is 28.6 Å². The molecule has 10 nitrogen and oxygen atoms in total. The number of benzene rings is 1. The molecule has 1 aliphatic rings. The van der Waals surface area contributed by atoms with Crippen LogP contribution < -0.4 is 20.7 Å². The van der Waals surface area contributed by atoms with Gasteiger partial charge in [-0.1, -0.05) is 32.1 Å². The molecule has 3 N–H and O–H groups in total. The Hall–Kier alpha value is -3.89. The average molecular weight is 533 g/mol. The highest BCUT2D eigenvalue weighted by atomic mass is 16.5. The molecule has 0 saturated carbocycles. The van der Waals surface area contributed by atoms with Crippen LogP contribution in [0.15, 0.2) is 48.8 Å². The number of hydrogen-bond donors (Lipinski definition) is 2. The summed E-state index contributed by atoms with van der Waals surface area (Å²) in [6.07, 6.45) is 10.1. The van der Waals surface area contributed by atoms with Crippen molar-refractivity contribution in [3.8, 4) is 11.6 Å². The lowest BCUT2D eigenvalue weighted by Gasteiger charge is -2.30. The van der Waals surface area contributed by atoms with E-state index in [1.807, 2.05) is 42.1 Å². The number of allylic oxidation sites excluding steroid dienone is 4. The van der Waals surface area contributed by atoms with Crippen LogP contribution in [0.25, 0.3) is 11.4 Å². The topological polar surface area (TPSA) is 107 Å². The maximum absolute atomic E-state index is 6.45. The summed E-state index contributed by atoms with van der Waals surface area (Å²) in [7, 11) is 5.75. The molecule has 39 heavy (non-hydrogen) atoms. The Bertz CT molecular complexity index is 1320. The van der Waals surface area contributed by atoms with Gasteiger partial charge in [-0.3, -0.25) is 0 Å². The first kappa shape index (κ1) is 28.1. The number of nitrogens with zero attached hydrogens (tertiary/aromatic N) is 6. The lowest BCUT2D eigenvalue weighted by Crippen LogP contribution is -2.36. The predicted octanol–water partition coefficient (Wildman–Crippen LogP) is 4.51. The molecule has 3 heterocycles. The van der Waals surface area contributed by atoms with Crippen molar-refractivity contribution in [2.45, 2.75) is 27.3 Å². The Morgan fingerprint density at radius 2 is 2.03 bits per heavy atom. The summed E-state index contributed by atoms with van der Waals surface area (Å²) in [5.41, 5.74) is 11.9. The second-order valence-corrected chi connectivity index (χ2v) is 10.1. The number of hydrogen-bond acceptors (Lipinski definition) is 9. The number of morpholine rings is 1. The lowest BCUT2D eigenvalue weighted by atomic mass is 10.0. The zero-order chi connectivity index (χ0) is 27.9. The summed E-state index contributed by atoms with van der Waals surface area (Å²) < 4.78 is 13.0. The fourth-order valence-electron chi connectivity index (χ4n) is 4.57. The molecule has 0 radical (unpaired) electrons. The number of aromatic nitrogens is 4. The summed E-state index contributed by atoms with van der Waals surface area (Å²) in [4.78, 5) is 13.5. The minimum Gasteiger partial charge on any atom is -0.494 e. The van der Waals surface area contributed by atoms with Crippen molar-refractivity contribution in [2.75, 3.05) is 63.5 Å². The fourth-order valence-corrected chi connectivity index (χ4v) is 4.57. The molecule has 208 valence electrons. The van der Waals surface area contributed by atoms with E-state index in [0.717, 1.165) is 42.2 Å². The van der Waals surface area contributed by atoms with Gasteiger partial charge >= 0.3 is 0 Å². The molecule has 2 aromatic heterocycles. The quantitative estimate of drug-likeness (QED) is 0.288. The zero-order valence-electron chi connectivity index (χ0n) is 23.8. The van der Waals surface area contributed by atoms with Gasteiger partial charge in [0.25, 0.3) is 0 Å². The molecule has 0 aliphatic carbocycles. The SMILES string of the molecule is C/C=C\C(=C/C(C)C)c1nn(-c2ccnc(Nc3cc(N)c(N4CCOCC4)cc3OC)n2)cc1CN(C)C. The van der Waals surface area contributed by atoms with Crippen LogP contribution in [0, 0.1) is 5.92 Å². The van der Waals surface area contributed by atoms with E-state index < -0.39 is 0 Å². The second kappa shape index (κ2) is 12.8. The van der Waals surface area contributed by atoms with Crippen molar-refractivity contribution < 1.29 is 9.47 Å². The van der Waals surface area contributed by atoms with E-state index in [2.05, 4.69) is 60.2 Å². The van der Waals surface area contributed by atoms with Gasteiger partial charge in [0.2, 0.25) is 5.95 Å². The molecule has 0 spiro atoms. The van der Waals surface area contributed by atoms with Gasteiger partial charge in [-0.15, -0.1) is 0 Å². The van der Waals surface area contributed by atoms with Gasteiger partial charge in [-0.25, -0.2) is 9.67 Å². The van der Waals surface area contributed by atoms with Gasteiger partial charge in [0, 0.05) is 49.7 Å². The van der Waals surface area contributed by atoms with Crippen molar-refractivity contribution in [3.63, 3.8) is 0 Å². The third-order valence-electron chi connectivity index (χ3n) is 6.23. The number of rotatable bonds is 10. The Morgan fingerprint density at radius 3 is 2.69 bits per heavy atom. The molecular weight excluding hydrogens is 492 g/mol. The first-order valence-electron chi connectivity index (χ1n) is 13.3. The normalized spacial score (nSPS) is 14.6. The van der Waals surface area contributed by atoms with Gasteiger partial charge in [-0.05, 0) is 38.6 Å². The van der Waals surface area contributed by atoms with Gasteiger partial charge in [0.05, 0.1) is 43.1 Å². The van der Waals surface area contributed by atoms with Gasteiger partial charge in [0.1, 0.15) is 5.75 Å². The molecule has 3 aromatic rings. The standard InChI is InChI=1S/C29H40N8O2/c1-7-8-21(15-20(2)3)28-22(18-35(4)5)19-37(34-28)27-9-10-31-29(33-27)32-24-16-23(30)25(17-26(24)38-6)36-11-13-39-14-12-36/h7-10,15-17,19-20H,11-14,18,30H2,1-6H3,(H,31,32,33)/b8-7-,21-15+. The number of nitrogens with one attached hydrogen (secondary N) is 1. The zero-order valence-corrected chi connectivity index (χ0v) is 23.8. The van der Waals surface area contributed by atoms with Gasteiger partial charge < -0.3 is 30.3 Å². The molecule has 10 heteroatoms. The smallest absolute Gasteiger partial charge is 0.229 e. The van der Waals surface area contributed by atoms with Crippen LogP contribution in [0.2, 0.25) is 0 Å². The van der Waals surface area contributed by atoms with Crippen LogP contribution in [0.3, 0.4) is 0 Å². The summed E-state index contributed by atoms with van der Waals surface area (Å²) in [6, 6.07) is 5.65. The lowest BCUT2D eigenvalue weighted by molar-refractivity contribution is 0.123. The Morgan fingerprint density at radius 1 is 1.26 bits per heavy atom.